The molecule has 1 heterocycles. The van der Waals surface area contributed by atoms with E-state index in [2.05, 4.69) is 5.32 Å². The maximum Gasteiger partial charge on any atom is 0.113 e. The minimum absolute atomic E-state index is 0.729. The van der Waals surface area contributed by atoms with Gasteiger partial charge in [-0.25, -0.2) is 4.39 Å². The Morgan fingerprint density at radius 2 is 1.93 bits per heavy atom. The molecule has 2 aliphatic carbocycles. The zero-order chi connectivity index (χ0) is 10.3. The van der Waals surface area contributed by atoms with Gasteiger partial charge in [0.2, 0.25) is 0 Å². The second-order valence-electron chi connectivity index (χ2n) is 6.04. The maximum absolute atomic E-state index is 14.5. The fourth-order valence-corrected chi connectivity index (χ4v) is 4.18. The Morgan fingerprint density at radius 1 is 1.13 bits per heavy atom. The summed E-state index contributed by atoms with van der Waals surface area (Å²) < 4.78 is 14.5. The van der Waals surface area contributed by atoms with Crippen LogP contribution in [0.2, 0.25) is 0 Å². The molecule has 86 valence electrons. The zero-order valence-electron chi connectivity index (χ0n) is 9.47. The molecule has 1 aliphatic heterocycles. The minimum atomic E-state index is -0.819. The normalized spacial score (nSPS) is 43.4. The molecule has 1 nitrogen and oxygen atoms in total. The van der Waals surface area contributed by atoms with Crippen LogP contribution in [0.15, 0.2) is 0 Å². The highest BCUT2D eigenvalue weighted by Gasteiger charge is 2.44. The molecular weight excluding hydrogens is 189 g/mol. The summed E-state index contributed by atoms with van der Waals surface area (Å²) in [5.41, 5.74) is -0.819. The summed E-state index contributed by atoms with van der Waals surface area (Å²) in [6, 6.07) is 0. The number of nitrogens with one attached hydrogen (secondary N) is 1. The molecule has 1 N–H and O–H groups in total. The van der Waals surface area contributed by atoms with E-state index in [4.69, 9.17) is 0 Å². The monoisotopic (exact) mass is 211 g/mol. The SMILES string of the molecule is FC1(CC2CC3CCC2C3)CCNCC1. The van der Waals surface area contributed by atoms with Crippen LogP contribution >= 0.6 is 0 Å². The Kier molecular flexibility index (Phi) is 2.50. The first kappa shape index (κ1) is 10.1. The fourth-order valence-electron chi connectivity index (χ4n) is 4.18. The van der Waals surface area contributed by atoms with E-state index in [9.17, 15) is 4.39 Å². The number of fused-ring (bicyclic) bond motifs is 2. The van der Waals surface area contributed by atoms with Crippen LogP contribution in [-0.4, -0.2) is 18.8 Å². The number of hydrogen-bond acceptors (Lipinski definition) is 1. The number of halogens is 1. The summed E-state index contributed by atoms with van der Waals surface area (Å²) in [7, 11) is 0. The summed E-state index contributed by atoms with van der Waals surface area (Å²) in [5, 5.41) is 3.26. The van der Waals surface area contributed by atoms with Gasteiger partial charge >= 0.3 is 0 Å². The van der Waals surface area contributed by atoms with Gasteiger partial charge in [-0.1, -0.05) is 6.42 Å². The molecular formula is C13H22FN. The third kappa shape index (κ3) is 1.93. The van der Waals surface area contributed by atoms with E-state index in [0.29, 0.717) is 0 Å². The summed E-state index contributed by atoms with van der Waals surface area (Å²) in [5.74, 6) is 2.58. The topological polar surface area (TPSA) is 12.0 Å². The lowest BCUT2D eigenvalue weighted by Crippen LogP contribution is -2.40. The molecule has 1 saturated heterocycles. The van der Waals surface area contributed by atoms with Crippen molar-refractivity contribution >= 4 is 0 Å². The maximum atomic E-state index is 14.5. The van der Waals surface area contributed by atoms with Crippen molar-refractivity contribution in [3.63, 3.8) is 0 Å². The Bertz CT molecular complexity index is 235. The van der Waals surface area contributed by atoms with E-state index in [1.54, 1.807) is 0 Å². The van der Waals surface area contributed by atoms with Crippen molar-refractivity contribution < 1.29 is 4.39 Å². The quantitative estimate of drug-likeness (QED) is 0.740. The van der Waals surface area contributed by atoms with Crippen molar-refractivity contribution in [2.75, 3.05) is 13.1 Å². The molecule has 3 unspecified atom stereocenters. The van der Waals surface area contributed by atoms with Crippen molar-refractivity contribution in [3.8, 4) is 0 Å². The number of alkyl halides is 1. The Balaban J connectivity index is 1.60. The van der Waals surface area contributed by atoms with E-state index < -0.39 is 5.67 Å². The first-order valence-corrected chi connectivity index (χ1v) is 6.65. The molecule has 2 saturated carbocycles. The molecule has 3 atom stereocenters. The van der Waals surface area contributed by atoms with Crippen LogP contribution in [0, 0.1) is 17.8 Å². The van der Waals surface area contributed by atoms with Gasteiger partial charge < -0.3 is 5.32 Å². The molecule has 0 aromatic carbocycles. The molecule has 15 heavy (non-hydrogen) atoms. The molecule has 0 aromatic heterocycles. The number of piperidine rings is 1. The largest absolute Gasteiger partial charge is 0.316 e. The molecule has 0 amide bonds. The smallest absolute Gasteiger partial charge is 0.113 e. The van der Waals surface area contributed by atoms with E-state index >= 15 is 0 Å². The van der Waals surface area contributed by atoms with Crippen molar-refractivity contribution in [2.45, 2.75) is 50.6 Å². The summed E-state index contributed by atoms with van der Waals surface area (Å²) >= 11 is 0. The van der Waals surface area contributed by atoms with Gasteiger partial charge in [-0.2, -0.15) is 0 Å². The lowest BCUT2D eigenvalue weighted by atomic mass is 9.78. The highest BCUT2D eigenvalue weighted by Crippen LogP contribution is 2.52. The minimum Gasteiger partial charge on any atom is -0.316 e. The number of hydrogen-bond donors (Lipinski definition) is 1. The van der Waals surface area contributed by atoms with Crippen LogP contribution < -0.4 is 5.32 Å². The second kappa shape index (κ2) is 3.73. The van der Waals surface area contributed by atoms with E-state index in [1.165, 1.54) is 25.7 Å². The molecule has 3 aliphatic rings. The molecule has 2 heteroatoms. The molecule has 3 fully saturated rings. The van der Waals surface area contributed by atoms with Crippen LogP contribution in [0.3, 0.4) is 0 Å². The fraction of sp³-hybridized carbons (Fsp3) is 1.00. The van der Waals surface area contributed by atoms with E-state index in [-0.39, 0.29) is 0 Å². The van der Waals surface area contributed by atoms with Crippen molar-refractivity contribution in [1.29, 1.82) is 0 Å². The van der Waals surface area contributed by atoms with Gasteiger partial charge in [-0.3, -0.25) is 0 Å². The van der Waals surface area contributed by atoms with Gasteiger partial charge in [0.25, 0.3) is 0 Å². The molecule has 0 spiro atoms. The van der Waals surface area contributed by atoms with Gasteiger partial charge in [0.05, 0.1) is 0 Å². The van der Waals surface area contributed by atoms with Crippen LogP contribution in [0.1, 0.15) is 44.9 Å². The first-order valence-electron chi connectivity index (χ1n) is 6.65. The van der Waals surface area contributed by atoms with Crippen LogP contribution in [0.5, 0.6) is 0 Å². The average molecular weight is 211 g/mol. The summed E-state index contributed by atoms with van der Waals surface area (Å²) in [4.78, 5) is 0. The average Bonchev–Trinajstić information content (AvgIpc) is 2.79. The Morgan fingerprint density at radius 3 is 2.53 bits per heavy atom. The molecule has 0 aromatic rings. The molecule has 2 bridgehead atoms. The number of rotatable bonds is 2. The van der Waals surface area contributed by atoms with Crippen molar-refractivity contribution in [1.82, 2.24) is 5.32 Å². The first-order chi connectivity index (χ1) is 7.25. The van der Waals surface area contributed by atoms with Gasteiger partial charge in [0.15, 0.2) is 0 Å². The summed E-state index contributed by atoms with van der Waals surface area (Å²) in [6.45, 7) is 1.77. The van der Waals surface area contributed by atoms with Crippen molar-refractivity contribution in [3.05, 3.63) is 0 Å². The third-order valence-electron chi connectivity index (χ3n) is 5.01. The van der Waals surface area contributed by atoms with Gasteiger partial charge in [0, 0.05) is 0 Å². The van der Waals surface area contributed by atoms with E-state index in [1.807, 2.05) is 0 Å². The predicted octanol–water partition coefficient (Wildman–Crippen LogP) is 2.90. The van der Waals surface area contributed by atoms with Crippen LogP contribution in [0.4, 0.5) is 4.39 Å². The van der Waals surface area contributed by atoms with Crippen LogP contribution in [-0.2, 0) is 0 Å². The highest BCUT2D eigenvalue weighted by atomic mass is 19.1. The van der Waals surface area contributed by atoms with Gasteiger partial charge in [-0.15, -0.1) is 0 Å². The van der Waals surface area contributed by atoms with E-state index in [0.717, 1.165) is 50.1 Å². The second-order valence-corrected chi connectivity index (χ2v) is 6.04. The summed E-state index contributed by atoms with van der Waals surface area (Å²) in [6.07, 6.45) is 7.95. The zero-order valence-corrected chi connectivity index (χ0v) is 9.47. The van der Waals surface area contributed by atoms with Gasteiger partial charge in [0.1, 0.15) is 5.67 Å². The van der Waals surface area contributed by atoms with Crippen LogP contribution in [0.25, 0.3) is 0 Å². The third-order valence-corrected chi connectivity index (χ3v) is 5.01. The molecule has 0 radical (unpaired) electrons. The molecule has 3 rings (SSSR count). The van der Waals surface area contributed by atoms with Crippen molar-refractivity contribution in [2.24, 2.45) is 17.8 Å². The Labute approximate surface area is 91.8 Å². The lowest BCUT2D eigenvalue weighted by molar-refractivity contribution is 0.0697. The Hall–Kier alpha value is -0.110. The predicted molar refractivity (Wildman–Crippen MR) is 59.5 cm³/mol. The highest BCUT2D eigenvalue weighted by molar-refractivity contribution is 4.95. The standard InChI is InChI=1S/C13H22FN/c14-13(3-5-15-6-4-13)9-12-8-10-1-2-11(12)7-10/h10-12,15H,1-9H2. The van der Waals surface area contributed by atoms with Gasteiger partial charge in [-0.05, 0) is 69.4 Å². The lowest BCUT2D eigenvalue weighted by Gasteiger charge is -2.34.